The van der Waals surface area contributed by atoms with E-state index in [0.29, 0.717) is 0 Å². The van der Waals surface area contributed by atoms with Gasteiger partial charge in [-0.1, -0.05) is 96.8 Å². The first kappa shape index (κ1) is 22.0. The molecule has 0 radical (unpaired) electrons. The van der Waals surface area contributed by atoms with Crippen molar-refractivity contribution in [2.45, 2.75) is 122 Å². The summed E-state index contributed by atoms with van der Waals surface area (Å²) in [6, 6.07) is 0. The smallest absolute Gasteiger partial charge is 0.0786 e. The van der Waals surface area contributed by atoms with Crippen molar-refractivity contribution in [3.63, 3.8) is 0 Å². The van der Waals surface area contributed by atoms with Gasteiger partial charge in [0.05, 0.1) is 26.7 Å². The quantitative estimate of drug-likeness (QED) is 0.190. The molecule has 0 aromatic rings. The Kier molecular flexibility index (Phi) is 14.0. The molecule has 0 bridgehead atoms. The molecule has 1 aliphatic heterocycles. The zero-order valence-electron chi connectivity index (χ0n) is 17.3. The summed E-state index contributed by atoms with van der Waals surface area (Å²) in [5.74, 6) is 0. The van der Waals surface area contributed by atoms with Crippen LogP contribution in [0, 0.1) is 0 Å². The van der Waals surface area contributed by atoms with Gasteiger partial charge in [0.2, 0.25) is 0 Å². The minimum Gasteiger partial charge on any atom is -0.326 e. The van der Waals surface area contributed by atoms with Crippen molar-refractivity contribution in [2.24, 2.45) is 0 Å². The van der Waals surface area contributed by atoms with Crippen molar-refractivity contribution in [3.8, 4) is 0 Å². The second-order valence-electron chi connectivity index (χ2n) is 8.80. The first-order valence-electron chi connectivity index (χ1n) is 11.6. The molecular formula is C23H48N+. The normalized spacial score (nSPS) is 16.8. The van der Waals surface area contributed by atoms with E-state index in [0.717, 1.165) is 0 Å². The number of hydrogen-bond acceptors (Lipinski definition) is 0. The summed E-state index contributed by atoms with van der Waals surface area (Å²) in [6.07, 6.45) is 26.5. The van der Waals surface area contributed by atoms with E-state index in [4.69, 9.17) is 0 Å². The van der Waals surface area contributed by atoms with Gasteiger partial charge in [-0.25, -0.2) is 0 Å². The Labute approximate surface area is 154 Å². The summed E-state index contributed by atoms with van der Waals surface area (Å²) >= 11 is 0. The molecule has 144 valence electrons. The van der Waals surface area contributed by atoms with Crippen molar-refractivity contribution in [2.75, 3.05) is 26.7 Å². The molecule has 24 heavy (non-hydrogen) atoms. The Morgan fingerprint density at radius 2 is 0.833 bits per heavy atom. The molecule has 0 unspecified atom stereocenters. The second-order valence-corrected chi connectivity index (χ2v) is 8.80. The fraction of sp³-hybridized carbons (Fsp3) is 1.00. The van der Waals surface area contributed by atoms with Gasteiger partial charge in [0, 0.05) is 12.8 Å². The maximum atomic E-state index is 2.47. The Bertz CT molecular complexity index is 255. The van der Waals surface area contributed by atoms with Gasteiger partial charge in [0.15, 0.2) is 0 Å². The van der Waals surface area contributed by atoms with E-state index in [1.807, 2.05) is 0 Å². The highest BCUT2D eigenvalue weighted by atomic mass is 15.3. The van der Waals surface area contributed by atoms with E-state index < -0.39 is 0 Å². The van der Waals surface area contributed by atoms with E-state index in [1.54, 1.807) is 0 Å². The molecule has 0 atom stereocenters. The van der Waals surface area contributed by atoms with Crippen LogP contribution in [0.4, 0.5) is 0 Å². The molecule has 1 nitrogen and oxygen atoms in total. The van der Waals surface area contributed by atoms with E-state index >= 15 is 0 Å². The first-order chi connectivity index (χ1) is 11.8. The lowest BCUT2D eigenvalue weighted by atomic mass is 10.0. The van der Waals surface area contributed by atoms with E-state index in [9.17, 15) is 0 Å². The predicted octanol–water partition coefficient (Wildman–Crippen LogP) is 7.49. The van der Waals surface area contributed by atoms with Gasteiger partial charge in [-0.3, -0.25) is 0 Å². The molecule has 1 saturated heterocycles. The minimum absolute atomic E-state index is 1.37. The maximum Gasteiger partial charge on any atom is 0.0786 e. The summed E-state index contributed by atoms with van der Waals surface area (Å²) in [5.41, 5.74) is 0. The predicted molar refractivity (Wildman–Crippen MR) is 110 cm³/mol. The molecule has 1 aliphatic rings. The molecule has 0 amide bonds. The Morgan fingerprint density at radius 1 is 0.500 bits per heavy atom. The molecule has 1 rings (SSSR count). The lowest BCUT2D eigenvalue weighted by Gasteiger charge is -2.29. The van der Waals surface area contributed by atoms with Gasteiger partial charge in [0.1, 0.15) is 0 Å². The molecule has 1 heterocycles. The number of hydrogen-bond donors (Lipinski definition) is 0. The first-order valence-corrected chi connectivity index (χ1v) is 11.6. The largest absolute Gasteiger partial charge is 0.326 e. The number of rotatable bonds is 17. The third-order valence-electron chi connectivity index (χ3n) is 6.20. The van der Waals surface area contributed by atoms with Crippen LogP contribution in [-0.4, -0.2) is 31.2 Å². The minimum atomic E-state index is 1.37. The summed E-state index contributed by atoms with van der Waals surface area (Å²) in [7, 11) is 2.47. The van der Waals surface area contributed by atoms with Crippen LogP contribution in [0.15, 0.2) is 0 Å². The van der Waals surface area contributed by atoms with Gasteiger partial charge in [-0.05, 0) is 12.8 Å². The standard InChI is InChI=1S/C23H48N/c1-3-4-5-6-7-8-9-10-11-12-13-14-15-16-17-18-21-24(2)22-19-20-23-24/h3-23H2,1-2H3/q+1. The Balaban J connectivity index is 1.69. The average molecular weight is 339 g/mol. The number of quaternary nitrogens is 1. The van der Waals surface area contributed by atoms with Crippen molar-refractivity contribution < 1.29 is 4.48 Å². The van der Waals surface area contributed by atoms with Crippen LogP contribution in [0.2, 0.25) is 0 Å². The van der Waals surface area contributed by atoms with Gasteiger partial charge >= 0.3 is 0 Å². The summed E-state index contributed by atoms with van der Waals surface area (Å²) in [6.45, 7) is 6.63. The molecule has 0 aliphatic carbocycles. The summed E-state index contributed by atoms with van der Waals surface area (Å²) < 4.78 is 1.37. The molecule has 1 fully saturated rings. The molecule has 0 N–H and O–H groups in total. The topological polar surface area (TPSA) is 0 Å². The lowest BCUT2D eigenvalue weighted by molar-refractivity contribution is -0.897. The van der Waals surface area contributed by atoms with E-state index in [2.05, 4.69) is 14.0 Å². The summed E-state index contributed by atoms with van der Waals surface area (Å²) in [4.78, 5) is 0. The molecule has 1 heteroatoms. The highest BCUT2D eigenvalue weighted by molar-refractivity contribution is 4.53. The van der Waals surface area contributed by atoms with Crippen molar-refractivity contribution in [1.29, 1.82) is 0 Å². The van der Waals surface area contributed by atoms with Gasteiger partial charge in [0.25, 0.3) is 0 Å². The zero-order valence-corrected chi connectivity index (χ0v) is 17.3. The fourth-order valence-electron chi connectivity index (χ4n) is 4.36. The molecule has 0 aromatic heterocycles. The van der Waals surface area contributed by atoms with E-state index in [-0.39, 0.29) is 0 Å². The summed E-state index contributed by atoms with van der Waals surface area (Å²) in [5, 5.41) is 0. The third-order valence-corrected chi connectivity index (χ3v) is 6.20. The van der Waals surface area contributed by atoms with Crippen LogP contribution in [0.1, 0.15) is 122 Å². The van der Waals surface area contributed by atoms with Crippen molar-refractivity contribution in [1.82, 2.24) is 0 Å². The van der Waals surface area contributed by atoms with Gasteiger partial charge in [-0.2, -0.15) is 0 Å². The van der Waals surface area contributed by atoms with Crippen LogP contribution in [0.3, 0.4) is 0 Å². The monoisotopic (exact) mass is 338 g/mol. The van der Waals surface area contributed by atoms with Crippen molar-refractivity contribution >= 4 is 0 Å². The number of unbranched alkanes of at least 4 members (excludes halogenated alkanes) is 15. The average Bonchev–Trinajstić information content (AvgIpc) is 3.01. The van der Waals surface area contributed by atoms with Crippen LogP contribution in [0.5, 0.6) is 0 Å². The van der Waals surface area contributed by atoms with Crippen LogP contribution in [0.25, 0.3) is 0 Å². The van der Waals surface area contributed by atoms with Gasteiger partial charge in [-0.15, -0.1) is 0 Å². The molecule has 0 saturated carbocycles. The molecule has 0 spiro atoms. The lowest BCUT2D eigenvalue weighted by Crippen LogP contribution is -2.41. The van der Waals surface area contributed by atoms with E-state index in [1.165, 1.54) is 140 Å². The van der Waals surface area contributed by atoms with Crippen LogP contribution >= 0.6 is 0 Å². The second kappa shape index (κ2) is 15.2. The molecule has 0 aromatic carbocycles. The SMILES string of the molecule is CCCCCCCCCCCCCCCCCC[N+]1(C)CCCC1. The van der Waals surface area contributed by atoms with Crippen LogP contribution < -0.4 is 0 Å². The van der Waals surface area contributed by atoms with Crippen molar-refractivity contribution in [3.05, 3.63) is 0 Å². The third kappa shape index (κ3) is 12.3. The highest BCUT2D eigenvalue weighted by Gasteiger charge is 2.25. The molecular weight excluding hydrogens is 290 g/mol. The number of likely N-dealkylation sites (tertiary alicyclic amines) is 1. The Morgan fingerprint density at radius 3 is 1.21 bits per heavy atom. The zero-order chi connectivity index (χ0) is 17.3. The highest BCUT2D eigenvalue weighted by Crippen LogP contribution is 2.18. The fourth-order valence-corrected chi connectivity index (χ4v) is 4.36. The van der Waals surface area contributed by atoms with Crippen LogP contribution in [-0.2, 0) is 0 Å². The van der Waals surface area contributed by atoms with Gasteiger partial charge < -0.3 is 4.48 Å². The number of nitrogens with zero attached hydrogens (tertiary/aromatic N) is 1. The maximum absolute atomic E-state index is 2.47. The Hall–Kier alpha value is -0.0400.